The van der Waals surface area contributed by atoms with Crippen LogP contribution in [0.25, 0.3) is 0 Å². The molecule has 22 heavy (non-hydrogen) atoms. The summed E-state index contributed by atoms with van der Waals surface area (Å²) in [7, 11) is 0. The van der Waals surface area contributed by atoms with Crippen molar-refractivity contribution >= 4 is 5.90 Å². The highest BCUT2D eigenvalue weighted by Gasteiger charge is 2.40. The summed E-state index contributed by atoms with van der Waals surface area (Å²) in [6.07, 6.45) is 0. The standard InChI is InChI=1S/C16H11FN2O3/c1-8-6-12-14(16(20)21-8)13(10(7-18)15(19)22-12)9-4-2-3-5-11(9)17/h2-6,10,13,19H,1H3. The predicted octanol–water partition coefficient (Wildman–Crippen LogP) is 2.73. The summed E-state index contributed by atoms with van der Waals surface area (Å²) in [4.78, 5) is 12.2. The van der Waals surface area contributed by atoms with Gasteiger partial charge in [-0.25, -0.2) is 9.18 Å². The number of benzene rings is 1. The third-order valence-electron chi connectivity index (χ3n) is 3.60. The first kappa shape index (κ1) is 14.0. The van der Waals surface area contributed by atoms with Gasteiger partial charge in [0, 0.05) is 12.0 Å². The Bertz CT molecular complexity index is 866. The van der Waals surface area contributed by atoms with Crippen LogP contribution in [0.2, 0.25) is 0 Å². The van der Waals surface area contributed by atoms with Crippen molar-refractivity contribution in [2.45, 2.75) is 12.8 Å². The average Bonchev–Trinajstić information content (AvgIpc) is 2.46. The second-order valence-corrected chi connectivity index (χ2v) is 4.99. The van der Waals surface area contributed by atoms with Crippen molar-refractivity contribution in [1.82, 2.24) is 0 Å². The topological polar surface area (TPSA) is 87.1 Å². The molecule has 0 spiro atoms. The van der Waals surface area contributed by atoms with Crippen LogP contribution in [0.3, 0.4) is 0 Å². The number of ether oxygens (including phenoxy) is 1. The predicted molar refractivity (Wildman–Crippen MR) is 75.4 cm³/mol. The molecule has 6 heteroatoms. The molecule has 3 rings (SSSR count). The van der Waals surface area contributed by atoms with Crippen LogP contribution in [0.1, 0.15) is 22.8 Å². The summed E-state index contributed by atoms with van der Waals surface area (Å²) in [6.45, 7) is 1.57. The molecule has 0 saturated carbocycles. The molecular formula is C16H11FN2O3. The van der Waals surface area contributed by atoms with E-state index in [1.165, 1.54) is 24.3 Å². The van der Waals surface area contributed by atoms with Crippen LogP contribution in [0.5, 0.6) is 5.75 Å². The van der Waals surface area contributed by atoms with Gasteiger partial charge in [0.1, 0.15) is 23.2 Å². The molecule has 1 aliphatic rings. The minimum absolute atomic E-state index is 0.0678. The zero-order valence-corrected chi connectivity index (χ0v) is 11.6. The monoisotopic (exact) mass is 298 g/mol. The number of halogens is 1. The van der Waals surface area contributed by atoms with Gasteiger partial charge < -0.3 is 9.15 Å². The molecule has 1 aromatic heterocycles. The molecule has 1 aliphatic heterocycles. The van der Waals surface area contributed by atoms with Gasteiger partial charge in [-0.2, -0.15) is 5.26 Å². The van der Waals surface area contributed by atoms with Crippen LogP contribution in [-0.4, -0.2) is 5.90 Å². The highest BCUT2D eigenvalue weighted by atomic mass is 19.1. The lowest BCUT2D eigenvalue weighted by atomic mass is 9.79. The smallest absolute Gasteiger partial charge is 0.343 e. The molecule has 0 amide bonds. The number of rotatable bonds is 1. The Morgan fingerprint density at radius 3 is 2.77 bits per heavy atom. The van der Waals surface area contributed by atoms with Crippen molar-refractivity contribution in [2.75, 3.05) is 0 Å². The molecule has 0 saturated heterocycles. The number of hydrogen-bond acceptors (Lipinski definition) is 5. The fraction of sp³-hybridized carbons (Fsp3) is 0.188. The van der Waals surface area contributed by atoms with E-state index in [0.29, 0.717) is 5.76 Å². The molecular weight excluding hydrogens is 287 g/mol. The first-order valence-electron chi connectivity index (χ1n) is 6.58. The van der Waals surface area contributed by atoms with Crippen LogP contribution in [0, 0.1) is 35.4 Å². The lowest BCUT2D eigenvalue weighted by Gasteiger charge is -2.29. The molecule has 2 aromatic rings. The highest BCUT2D eigenvalue weighted by molar-refractivity contribution is 5.85. The number of nitrogens with zero attached hydrogens (tertiary/aromatic N) is 1. The summed E-state index contributed by atoms with van der Waals surface area (Å²) in [5.74, 6) is -2.42. The number of fused-ring (bicyclic) bond motifs is 1. The van der Waals surface area contributed by atoms with Gasteiger partial charge >= 0.3 is 5.63 Å². The summed E-state index contributed by atoms with van der Waals surface area (Å²) < 4.78 is 24.5. The van der Waals surface area contributed by atoms with Crippen molar-refractivity contribution < 1.29 is 13.5 Å². The van der Waals surface area contributed by atoms with Crippen molar-refractivity contribution in [3.63, 3.8) is 0 Å². The SMILES string of the molecule is Cc1cc2c(c(=O)o1)C(c1ccccc1F)C(C#N)C(=N)O2. The molecule has 110 valence electrons. The normalized spacial score (nSPS) is 20.0. The Hall–Kier alpha value is -2.94. The fourth-order valence-corrected chi connectivity index (χ4v) is 2.65. The average molecular weight is 298 g/mol. The number of nitrogens with one attached hydrogen (secondary N) is 1. The maximum absolute atomic E-state index is 14.2. The molecule has 2 heterocycles. The molecule has 0 aliphatic carbocycles. The third kappa shape index (κ3) is 2.07. The Labute approximate surface area is 125 Å². The van der Waals surface area contributed by atoms with E-state index in [-0.39, 0.29) is 22.8 Å². The highest BCUT2D eigenvalue weighted by Crippen LogP contribution is 2.41. The summed E-state index contributed by atoms with van der Waals surface area (Å²) in [6, 6.07) is 9.25. The van der Waals surface area contributed by atoms with Crippen molar-refractivity contribution in [1.29, 1.82) is 10.7 Å². The van der Waals surface area contributed by atoms with Gasteiger partial charge in [0.15, 0.2) is 0 Å². The summed E-state index contributed by atoms with van der Waals surface area (Å²) in [5.41, 5.74) is -0.450. The van der Waals surface area contributed by atoms with Gasteiger partial charge in [-0.05, 0) is 18.6 Å². The Kier molecular flexibility index (Phi) is 3.26. The molecule has 0 radical (unpaired) electrons. The van der Waals surface area contributed by atoms with Crippen LogP contribution in [-0.2, 0) is 0 Å². The third-order valence-corrected chi connectivity index (χ3v) is 3.60. The molecule has 0 fully saturated rings. The van der Waals surface area contributed by atoms with E-state index in [2.05, 4.69) is 0 Å². The van der Waals surface area contributed by atoms with Gasteiger partial charge in [-0.3, -0.25) is 5.41 Å². The zero-order valence-electron chi connectivity index (χ0n) is 11.6. The van der Waals surface area contributed by atoms with Gasteiger partial charge in [0.05, 0.1) is 11.6 Å². The van der Waals surface area contributed by atoms with Gasteiger partial charge in [0.2, 0.25) is 5.90 Å². The molecule has 1 aromatic carbocycles. The zero-order chi connectivity index (χ0) is 15.9. The first-order valence-corrected chi connectivity index (χ1v) is 6.58. The van der Waals surface area contributed by atoms with Crippen molar-refractivity contribution in [3.05, 3.63) is 63.5 Å². The van der Waals surface area contributed by atoms with Crippen LogP contribution >= 0.6 is 0 Å². The maximum atomic E-state index is 14.2. The number of aryl methyl sites for hydroxylation is 1. The minimum atomic E-state index is -1.09. The molecule has 2 unspecified atom stereocenters. The van der Waals surface area contributed by atoms with E-state index in [1.807, 2.05) is 6.07 Å². The van der Waals surface area contributed by atoms with E-state index in [4.69, 9.17) is 14.6 Å². The fourth-order valence-electron chi connectivity index (χ4n) is 2.65. The van der Waals surface area contributed by atoms with Crippen molar-refractivity contribution in [3.8, 4) is 11.8 Å². The lowest BCUT2D eigenvalue weighted by molar-refractivity contribution is 0.399. The van der Waals surface area contributed by atoms with Crippen LogP contribution in [0.15, 0.2) is 39.5 Å². The first-order chi connectivity index (χ1) is 10.5. The molecule has 1 N–H and O–H groups in total. The summed E-state index contributed by atoms with van der Waals surface area (Å²) in [5, 5.41) is 17.2. The Morgan fingerprint density at radius 2 is 2.09 bits per heavy atom. The summed E-state index contributed by atoms with van der Waals surface area (Å²) >= 11 is 0. The second kappa shape index (κ2) is 5.11. The van der Waals surface area contributed by atoms with E-state index in [1.54, 1.807) is 13.0 Å². The van der Waals surface area contributed by atoms with Crippen LogP contribution < -0.4 is 10.4 Å². The maximum Gasteiger partial charge on any atom is 0.343 e. The van der Waals surface area contributed by atoms with E-state index in [0.717, 1.165) is 0 Å². The Balaban J connectivity index is 2.32. The van der Waals surface area contributed by atoms with E-state index < -0.39 is 23.3 Å². The molecule has 5 nitrogen and oxygen atoms in total. The number of hydrogen-bond donors (Lipinski definition) is 1. The largest absolute Gasteiger partial charge is 0.441 e. The van der Waals surface area contributed by atoms with Gasteiger partial charge in [0.25, 0.3) is 0 Å². The van der Waals surface area contributed by atoms with E-state index >= 15 is 0 Å². The van der Waals surface area contributed by atoms with E-state index in [9.17, 15) is 14.4 Å². The van der Waals surface area contributed by atoms with Gasteiger partial charge in [-0.1, -0.05) is 18.2 Å². The second-order valence-electron chi connectivity index (χ2n) is 4.99. The quantitative estimate of drug-likeness (QED) is 0.877. The van der Waals surface area contributed by atoms with Gasteiger partial charge in [-0.15, -0.1) is 0 Å². The lowest BCUT2D eigenvalue weighted by Crippen LogP contribution is -2.35. The Morgan fingerprint density at radius 1 is 1.36 bits per heavy atom. The minimum Gasteiger partial charge on any atom is -0.441 e. The van der Waals surface area contributed by atoms with Crippen molar-refractivity contribution in [2.24, 2.45) is 5.92 Å². The molecule has 0 bridgehead atoms. The number of nitriles is 1. The molecule has 2 atom stereocenters. The van der Waals surface area contributed by atoms with Crippen LogP contribution in [0.4, 0.5) is 4.39 Å².